The lowest BCUT2D eigenvalue weighted by atomic mass is 9.98. The van der Waals surface area contributed by atoms with Crippen LogP contribution < -0.4 is 5.32 Å². The lowest BCUT2D eigenvalue weighted by Gasteiger charge is -2.17. The van der Waals surface area contributed by atoms with Gasteiger partial charge in [0.1, 0.15) is 12.6 Å². The van der Waals surface area contributed by atoms with E-state index in [0.29, 0.717) is 5.02 Å². The molecule has 1 aliphatic rings. The van der Waals surface area contributed by atoms with E-state index in [-0.39, 0.29) is 18.9 Å². The Balaban J connectivity index is 1.30. The van der Waals surface area contributed by atoms with Crippen molar-refractivity contribution in [2.75, 3.05) is 6.61 Å². The number of aliphatic carboxylic acids is 1. The molecule has 8 heteroatoms. The number of carbonyl (C=O) groups excluding carboxylic acids is 1. The molecule has 0 saturated heterocycles. The van der Waals surface area contributed by atoms with Crippen LogP contribution in [0.5, 0.6) is 0 Å². The molecule has 3 N–H and O–H groups in total. The van der Waals surface area contributed by atoms with Gasteiger partial charge in [-0.1, -0.05) is 60.1 Å². The molecule has 0 radical (unpaired) electrons. The van der Waals surface area contributed by atoms with Crippen molar-refractivity contribution in [1.29, 1.82) is 0 Å². The van der Waals surface area contributed by atoms with Crippen LogP contribution in [0.3, 0.4) is 0 Å². The van der Waals surface area contributed by atoms with Gasteiger partial charge in [0.05, 0.1) is 10.5 Å². The number of halogens is 2. The summed E-state index contributed by atoms with van der Waals surface area (Å²) in [6.45, 7) is 0.118. The zero-order valence-electron chi connectivity index (χ0n) is 17.8. The Morgan fingerprint density at radius 2 is 1.74 bits per heavy atom. The number of carbonyl (C=O) groups is 2. The van der Waals surface area contributed by atoms with Gasteiger partial charge >= 0.3 is 12.1 Å². The van der Waals surface area contributed by atoms with Crippen molar-refractivity contribution in [3.05, 3.63) is 92.1 Å². The van der Waals surface area contributed by atoms with Crippen LogP contribution in [0.25, 0.3) is 22.0 Å². The van der Waals surface area contributed by atoms with E-state index in [1.54, 1.807) is 6.20 Å². The SMILES string of the molecule is O=C(N[C@@H](Cc1c[nH]c2c(Cl)cc(I)cc12)C(=O)O)OCC1c2ccccc2-c2ccccc21. The number of amides is 1. The minimum atomic E-state index is -1.15. The molecule has 4 aromatic rings. The van der Waals surface area contributed by atoms with Gasteiger partial charge in [0.15, 0.2) is 0 Å². The highest BCUT2D eigenvalue weighted by molar-refractivity contribution is 14.1. The average Bonchev–Trinajstić information content (AvgIpc) is 3.36. The zero-order chi connectivity index (χ0) is 23.8. The van der Waals surface area contributed by atoms with E-state index in [9.17, 15) is 14.7 Å². The number of aromatic amines is 1. The molecule has 1 aliphatic carbocycles. The van der Waals surface area contributed by atoms with E-state index in [1.165, 1.54) is 0 Å². The first-order valence-corrected chi connectivity index (χ1v) is 12.2. The second-order valence-corrected chi connectivity index (χ2v) is 9.84. The van der Waals surface area contributed by atoms with Crippen molar-refractivity contribution in [2.24, 2.45) is 0 Å². The topological polar surface area (TPSA) is 91.4 Å². The number of aromatic nitrogens is 1. The molecule has 0 bridgehead atoms. The van der Waals surface area contributed by atoms with Crippen molar-refractivity contribution >= 4 is 57.2 Å². The average molecular weight is 587 g/mol. The molecule has 0 unspecified atom stereocenters. The molecule has 1 heterocycles. The summed E-state index contributed by atoms with van der Waals surface area (Å²) in [5.74, 6) is -1.24. The van der Waals surface area contributed by atoms with E-state index in [4.69, 9.17) is 16.3 Å². The Morgan fingerprint density at radius 3 is 2.38 bits per heavy atom. The maximum atomic E-state index is 12.6. The lowest BCUT2D eigenvalue weighted by molar-refractivity contribution is -0.139. The first-order chi connectivity index (χ1) is 16.4. The quantitative estimate of drug-likeness (QED) is 0.243. The molecule has 6 nitrogen and oxygen atoms in total. The second-order valence-electron chi connectivity index (χ2n) is 8.19. The summed E-state index contributed by atoms with van der Waals surface area (Å²) in [7, 11) is 0. The van der Waals surface area contributed by atoms with Crippen LogP contribution >= 0.6 is 34.2 Å². The van der Waals surface area contributed by atoms with Crippen LogP contribution in [0.2, 0.25) is 5.02 Å². The number of fused-ring (bicyclic) bond motifs is 4. The molecule has 0 aliphatic heterocycles. The molecule has 0 spiro atoms. The number of carboxylic acids is 1. The smallest absolute Gasteiger partial charge is 0.407 e. The first-order valence-electron chi connectivity index (χ1n) is 10.7. The summed E-state index contributed by atoms with van der Waals surface area (Å²) in [5, 5.41) is 13.6. The van der Waals surface area contributed by atoms with Gasteiger partial charge in [-0.3, -0.25) is 0 Å². The van der Waals surface area contributed by atoms with Gasteiger partial charge in [-0.05, 0) is 62.5 Å². The van der Waals surface area contributed by atoms with Crippen LogP contribution in [0.15, 0.2) is 66.9 Å². The van der Waals surface area contributed by atoms with Crippen LogP contribution in [0, 0.1) is 3.57 Å². The predicted molar refractivity (Wildman–Crippen MR) is 139 cm³/mol. The van der Waals surface area contributed by atoms with E-state index in [1.807, 2.05) is 48.5 Å². The zero-order valence-corrected chi connectivity index (χ0v) is 20.8. The van der Waals surface area contributed by atoms with Gasteiger partial charge in [-0.15, -0.1) is 0 Å². The number of hydrogen-bond donors (Lipinski definition) is 3. The number of H-pyrrole nitrogens is 1. The van der Waals surface area contributed by atoms with E-state index < -0.39 is 18.1 Å². The maximum Gasteiger partial charge on any atom is 0.407 e. The minimum absolute atomic E-state index is 0.0932. The van der Waals surface area contributed by atoms with Gasteiger partial charge in [0.25, 0.3) is 0 Å². The van der Waals surface area contributed by atoms with E-state index in [2.05, 4.69) is 45.0 Å². The van der Waals surface area contributed by atoms with Crippen LogP contribution in [0.4, 0.5) is 4.79 Å². The third-order valence-electron chi connectivity index (χ3n) is 6.15. The summed E-state index contributed by atoms with van der Waals surface area (Å²) in [6.07, 6.45) is 1.06. The minimum Gasteiger partial charge on any atom is -0.480 e. The first kappa shape index (κ1) is 22.7. The van der Waals surface area contributed by atoms with Gasteiger partial charge in [0, 0.05) is 27.5 Å². The number of nitrogens with one attached hydrogen (secondary N) is 2. The monoisotopic (exact) mass is 586 g/mol. The van der Waals surface area contributed by atoms with E-state index >= 15 is 0 Å². The molecule has 172 valence electrons. The van der Waals surface area contributed by atoms with Crippen LogP contribution in [0.1, 0.15) is 22.6 Å². The molecular weight excluding hydrogens is 567 g/mol. The Kier molecular flexibility index (Phi) is 6.22. The number of alkyl carbamates (subject to hydrolysis) is 1. The lowest BCUT2D eigenvalue weighted by Crippen LogP contribution is -2.42. The normalized spacial score (nSPS) is 13.4. The molecule has 3 aromatic carbocycles. The largest absolute Gasteiger partial charge is 0.480 e. The van der Waals surface area contributed by atoms with E-state index in [0.717, 1.165) is 42.3 Å². The summed E-state index contributed by atoms with van der Waals surface area (Å²) in [5.41, 5.74) is 5.93. The Labute approximate surface area is 214 Å². The summed E-state index contributed by atoms with van der Waals surface area (Å²) in [4.78, 5) is 27.6. The number of benzene rings is 3. The fraction of sp³-hybridized carbons (Fsp3) is 0.154. The highest BCUT2D eigenvalue weighted by Crippen LogP contribution is 2.44. The van der Waals surface area contributed by atoms with Gasteiger partial charge in [-0.2, -0.15) is 0 Å². The summed E-state index contributed by atoms with van der Waals surface area (Å²) < 4.78 is 6.46. The van der Waals surface area contributed by atoms with Crippen LogP contribution in [-0.2, 0) is 16.0 Å². The predicted octanol–water partition coefficient (Wildman–Crippen LogP) is 5.96. The second kappa shape index (κ2) is 9.31. The maximum absolute atomic E-state index is 12.6. The van der Waals surface area contributed by atoms with Gasteiger partial charge in [-0.25, -0.2) is 9.59 Å². The van der Waals surface area contributed by atoms with Gasteiger partial charge in [0.2, 0.25) is 0 Å². The van der Waals surface area contributed by atoms with Gasteiger partial charge < -0.3 is 20.1 Å². The van der Waals surface area contributed by atoms with Crippen molar-refractivity contribution in [1.82, 2.24) is 10.3 Å². The number of hydrogen-bond acceptors (Lipinski definition) is 3. The highest BCUT2D eigenvalue weighted by Gasteiger charge is 2.30. The Hall–Kier alpha value is -3.04. The van der Waals surface area contributed by atoms with Crippen molar-refractivity contribution < 1.29 is 19.4 Å². The van der Waals surface area contributed by atoms with Crippen molar-refractivity contribution in [3.8, 4) is 11.1 Å². The standard InChI is InChI=1S/C26H20ClIN2O4/c27-22-11-15(28)10-20-14(12-29-24(20)22)9-23(25(31)32)30-26(33)34-13-21-18-7-3-1-5-16(18)17-6-2-4-8-19(17)21/h1-8,10-12,21,23,29H,9,13H2,(H,30,33)(H,31,32)/t23-/m0/s1. The number of ether oxygens (including phenoxy) is 1. The molecule has 0 fully saturated rings. The third-order valence-corrected chi connectivity index (χ3v) is 7.07. The number of carboxylic acid groups (broad SMARTS) is 1. The molecule has 1 atom stereocenters. The summed E-state index contributed by atoms with van der Waals surface area (Å²) >= 11 is 8.45. The third kappa shape index (κ3) is 4.25. The molecule has 0 saturated carbocycles. The molecule has 34 heavy (non-hydrogen) atoms. The fourth-order valence-electron chi connectivity index (χ4n) is 4.58. The summed E-state index contributed by atoms with van der Waals surface area (Å²) in [6, 6.07) is 18.7. The van der Waals surface area contributed by atoms with Crippen LogP contribution in [-0.4, -0.2) is 34.8 Å². The fourth-order valence-corrected chi connectivity index (χ4v) is 5.66. The molecule has 1 amide bonds. The molecular formula is C26H20ClIN2O4. The molecule has 5 rings (SSSR count). The highest BCUT2D eigenvalue weighted by atomic mass is 127. The van der Waals surface area contributed by atoms with Crippen molar-refractivity contribution in [3.63, 3.8) is 0 Å². The Morgan fingerprint density at radius 1 is 1.09 bits per heavy atom. The number of rotatable bonds is 6. The molecule has 1 aromatic heterocycles. The Bertz CT molecular complexity index is 1370. The van der Waals surface area contributed by atoms with Crippen molar-refractivity contribution in [2.45, 2.75) is 18.4 Å².